The fourth-order valence-corrected chi connectivity index (χ4v) is 9.71. The molecule has 0 bridgehead atoms. The number of fused-ring (bicyclic) bond motifs is 1. The van der Waals surface area contributed by atoms with Gasteiger partial charge in [-0.2, -0.15) is 25.3 Å². The number of rotatable bonds is 14. The molecule has 1 aromatic carbocycles. The summed E-state index contributed by atoms with van der Waals surface area (Å²) < 4.78 is 0. The molecule has 3 aliphatic rings. The first-order valence-electron chi connectivity index (χ1n) is 24.5. The Hall–Kier alpha value is -5.92. The average molecular weight is 1040 g/mol. The van der Waals surface area contributed by atoms with Crippen LogP contribution in [0.2, 0.25) is 0 Å². The van der Waals surface area contributed by atoms with Crippen LogP contribution in [0.3, 0.4) is 0 Å². The van der Waals surface area contributed by atoms with E-state index in [-0.39, 0.29) is 76.1 Å². The van der Waals surface area contributed by atoms with Gasteiger partial charge in [-0.15, -0.1) is 0 Å². The molecule has 25 heteroatoms. The zero-order chi connectivity index (χ0) is 52.5. The molecular weight excluding hydrogens is 973 g/mol. The van der Waals surface area contributed by atoms with Gasteiger partial charge < -0.3 is 67.7 Å². The number of H-pyrrole nitrogens is 1. The van der Waals surface area contributed by atoms with E-state index >= 15 is 0 Å². The van der Waals surface area contributed by atoms with Gasteiger partial charge in [0.05, 0.1) is 6.42 Å². The number of nitrogens with two attached hydrogens (primary N) is 1. The summed E-state index contributed by atoms with van der Waals surface area (Å²) in [4.78, 5) is 145. The summed E-state index contributed by atoms with van der Waals surface area (Å²) in [6.07, 6.45) is 3.90. The molecule has 3 saturated heterocycles. The van der Waals surface area contributed by atoms with Crippen LogP contribution in [-0.2, 0) is 54.4 Å². The molecule has 0 radical (unpaired) electrons. The predicted octanol–water partition coefficient (Wildman–Crippen LogP) is -2.64. The van der Waals surface area contributed by atoms with Gasteiger partial charge in [0, 0.05) is 54.7 Å². The molecule has 0 saturated carbocycles. The Morgan fingerprint density at radius 3 is 2.08 bits per heavy atom. The van der Waals surface area contributed by atoms with Crippen LogP contribution in [0.25, 0.3) is 10.9 Å². The molecule has 10 amide bonds. The summed E-state index contributed by atoms with van der Waals surface area (Å²) in [5.74, 6) is -8.01. The lowest BCUT2D eigenvalue weighted by molar-refractivity contribution is -0.143. The summed E-state index contributed by atoms with van der Waals surface area (Å²) in [6, 6.07) is -2.71. The number of carbonyl (C=O) groups is 10. The number of nitrogens with zero attached hydrogens (tertiary/aromatic N) is 3. The number of likely N-dealkylation sites (tertiary alicyclic amines) is 2. The van der Waals surface area contributed by atoms with E-state index < -0.39 is 120 Å². The van der Waals surface area contributed by atoms with E-state index in [0.29, 0.717) is 37.8 Å². The summed E-state index contributed by atoms with van der Waals surface area (Å²) in [5.41, 5.74) is 7.12. The lowest BCUT2D eigenvalue weighted by Gasteiger charge is -2.30. The van der Waals surface area contributed by atoms with Crippen LogP contribution in [0.4, 0.5) is 0 Å². The number of nitrogens with one attached hydrogen (secondary N) is 8. The normalized spacial score (nSPS) is 25.8. The number of hydrogen-bond donors (Lipinski definition) is 12. The van der Waals surface area contributed by atoms with Gasteiger partial charge in [-0.25, -0.2) is 0 Å². The van der Waals surface area contributed by atoms with Crippen LogP contribution in [-0.4, -0.2) is 191 Å². The molecule has 72 heavy (non-hydrogen) atoms. The zero-order valence-corrected chi connectivity index (χ0v) is 42.6. The van der Waals surface area contributed by atoms with Crippen LogP contribution in [0.15, 0.2) is 30.5 Å². The third-order valence-electron chi connectivity index (χ3n) is 13.1. The van der Waals surface area contributed by atoms with Gasteiger partial charge in [-0.1, -0.05) is 18.2 Å². The molecule has 3 fully saturated rings. The molecule has 0 aliphatic carbocycles. The quantitative estimate of drug-likeness (QED) is 0.0683. The Kier molecular flexibility index (Phi) is 22.0. The smallest absolute Gasteiger partial charge is 0.248 e. The highest BCUT2D eigenvalue weighted by atomic mass is 32.1. The van der Waals surface area contributed by atoms with E-state index in [4.69, 9.17) is 5.73 Å². The van der Waals surface area contributed by atoms with Crippen LogP contribution < -0.4 is 43.0 Å². The first kappa shape index (κ1) is 57.0. The van der Waals surface area contributed by atoms with Gasteiger partial charge in [0.1, 0.15) is 54.9 Å². The fraction of sp³-hybridized carbons (Fsp3) is 0.617. The standard InChI is InChI=1S/C47H70N12O11S2/c1-57(2)18-8-6-14-30-42(65)54-32(21-27-23-50-29-12-4-3-11-28(27)29)44(67)56-34(25-71)41(64)49-17-7-5-13-31(53-46(69)37-16-10-19-58(37)39(62)24-60)43(66)55-33(22-38(61)51-35(26-72)45(68)52-30)47(70)59-20-9-15-36(59)40(48)63/h3-4,11-12,23,30-37,50,60,71-72H,5-10,13-22,24-26H2,1-2H3,(H2,48,63)(H,49,64)(H,51,61)(H,52,68)(H,53,69)(H,54,65)(H,55,66)(H,56,67)/t30-,31-,32-,33-,34-,35-,36?,37?/m0/s1. The second-order valence-corrected chi connectivity index (χ2v) is 19.4. The molecule has 11 N–H and O–H groups in total. The topological polar surface area (TPSA) is 327 Å². The van der Waals surface area contributed by atoms with Crippen molar-refractivity contribution in [3.63, 3.8) is 0 Å². The van der Waals surface area contributed by atoms with E-state index in [9.17, 15) is 53.1 Å². The molecule has 396 valence electrons. The number of thiol groups is 2. The molecule has 0 spiro atoms. The number of hydrogen-bond acceptors (Lipinski definition) is 14. The maximum atomic E-state index is 14.4. The van der Waals surface area contributed by atoms with E-state index in [2.05, 4.69) is 67.5 Å². The molecular formula is C47H70N12O11S2. The minimum Gasteiger partial charge on any atom is -0.387 e. The first-order chi connectivity index (χ1) is 34.4. The highest BCUT2D eigenvalue weighted by Gasteiger charge is 2.41. The number of aliphatic hydroxyl groups excluding tert-OH is 1. The minimum atomic E-state index is -1.65. The van der Waals surface area contributed by atoms with Crippen LogP contribution >= 0.6 is 25.3 Å². The summed E-state index contributed by atoms with van der Waals surface area (Å²) in [6.45, 7) is 0.164. The molecule has 4 heterocycles. The number of benzene rings is 1. The molecule has 2 aromatic rings. The maximum absolute atomic E-state index is 14.4. The number of para-hydroxylation sites is 1. The number of amides is 10. The first-order valence-corrected chi connectivity index (χ1v) is 25.7. The number of carbonyl (C=O) groups excluding carboxylic acids is 10. The van der Waals surface area contributed by atoms with Crippen LogP contribution in [0.5, 0.6) is 0 Å². The third-order valence-corrected chi connectivity index (χ3v) is 13.8. The molecule has 1 aromatic heterocycles. The van der Waals surface area contributed by atoms with E-state index in [1.54, 1.807) is 6.20 Å². The van der Waals surface area contributed by atoms with E-state index in [1.807, 2.05) is 43.3 Å². The Morgan fingerprint density at radius 1 is 0.750 bits per heavy atom. The maximum Gasteiger partial charge on any atom is 0.248 e. The largest absolute Gasteiger partial charge is 0.387 e. The lowest BCUT2D eigenvalue weighted by atomic mass is 10.0. The zero-order valence-electron chi connectivity index (χ0n) is 40.8. The van der Waals surface area contributed by atoms with Gasteiger partial charge in [0.25, 0.3) is 0 Å². The number of aliphatic hydroxyl groups is 1. The molecule has 8 atom stereocenters. The molecule has 2 unspecified atom stereocenters. The van der Waals surface area contributed by atoms with Crippen molar-refractivity contribution in [1.82, 2.24) is 56.9 Å². The van der Waals surface area contributed by atoms with Gasteiger partial charge in [0.2, 0.25) is 59.1 Å². The van der Waals surface area contributed by atoms with Crippen molar-refractivity contribution in [2.75, 3.05) is 58.4 Å². The number of aromatic nitrogens is 1. The van der Waals surface area contributed by atoms with Crippen molar-refractivity contribution < 1.29 is 53.1 Å². The second-order valence-electron chi connectivity index (χ2n) is 18.6. The summed E-state index contributed by atoms with van der Waals surface area (Å²) in [5, 5.41) is 29.2. The van der Waals surface area contributed by atoms with E-state index in [0.717, 1.165) is 10.9 Å². The van der Waals surface area contributed by atoms with Crippen LogP contribution in [0.1, 0.15) is 76.2 Å². The Labute approximate surface area is 429 Å². The summed E-state index contributed by atoms with van der Waals surface area (Å²) in [7, 11) is 3.78. The van der Waals surface area contributed by atoms with Crippen molar-refractivity contribution in [2.24, 2.45) is 5.73 Å². The van der Waals surface area contributed by atoms with Crippen molar-refractivity contribution in [1.29, 1.82) is 0 Å². The lowest BCUT2D eigenvalue weighted by Crippen LogP contribution is -2.60. The number of unbranched alkanes of at least 4 members (excludes halogenated alkanes) is 1. The van der Waals surface area contributed by atoms with Gasteiger partial charge >= 0.3 is 0 Å². The Morgan fingerprint density at radius 2 is 1.39 bits per heavy atom. The third kappa shape index (κ3) is 15.8. The average Bonchev–Trinajstić information content (AvgIpc) is 4.15. The molecule has 3 aliphatic heterocycles. The van der Waals surface area contributed by atoms with Crippen molar-refractivity contribution >= 4 is 95.2 Å². The minimum absolute atomic E-state index is 0.0163. The van der Waals surface area contributed by atoms with Crippen LogP contribution in [0, 0.1) is 0 Å². The summed E-state index contributed by atoms with van der Waals surface area (Å²) >= 11 is 8.68. The molecule has 5 rings (SSSR count). The van der Waals surface area contributed by atoms with E-state index in [1.165, 1.54) is 9.80 Å². The van der Waals surface area contributed by atoms with Gasteiger partial charge in [-0.3, -0.25) is 47.9 Å². The fourth-order valence-electron chi connectivity index (χ4n) is 9.19. The predicted molar refractivity (Wildman–Crippen MR) is 271 cm³/mol. The Bertz CT molecular complexity index is 2280. The SMILES string of the molecule is CN(C)CCCC[C@@H]1NC(=O)[C@H](CS)NC(=O)C[C@@H](C(=O)N2CCCC2C(N)=O)NC(=O)[C@@H](NC(=O)C2CCCN2C(=O)CO)CCCCNC(=O)[C@H](CS)NC(=O)[C@H](Cc2c[nH]c3ccccc23)NC1=O. The van der Waals surface area contributed by atoms with Crippen molar-refractivity contribution in [3.05, 3.63) is 36.0 Å². The van der Waals surface area contributed by atoms with Gasteiger partial charge in [0.15, 0.2) is 0 Å². The monoisotopic (exact) mass is 1040 g/mol. The van der Waals surface area contributed by atoms with Gasteiger partial charge in [-0.05, 0) is 96.5 Å². The highest BCUT2D eigenvalue weighted by Crippen LogP contribution is 2.22. The second kappa shape index (κ2) is 27.8. The highest BCUT2D eigenvalue weighted by molar-refractivity contribution is 7.80. The van der Waals surface area contributed by atoms with Crippen molar-refractivity contribution in [2.45, 2.75) is 125 Å². The number of primary amides is 1. The van der Waals surface area contributed by atoms with Crippen molar-refractivity contribution in [3.8, 4) is 0 Å². The number of aromatic amines is 1. The molecule has 23 nitrogen and oxygen atoms in total. The Balaban J connectivity index is 1.48.